The zero-order valence-electron chi connectivity index (χ0n) is 12.2. The average molecular weight is 245 g/mol. The first kappa shape index (κ1) is 16.8. The highest BCUT2D eigenvalue weighted by atomic mass is 16.5. The van der Waals surface area contributed by atoms with E-state index in [1.165, 1.54) is 19.5 Å². The summed E-state index contributed by atoms with van der Waals surface area (Å²) < 4.78 is 5.28. The number of rotatable bonds is 12. The van der Waals surface area contributed by atoms with Gasteiger partial charge in [0.05, 0.1) is 6.61 Å². The van der Waals surface area contributed by atoms with E-state index in [1.807, 2.05) is 6.92 Å². The van der Waals surface area contributed by atoms with Gasteiger partial charge in [0.15, 0.2) is 0 Å². The van der Waals surface area contributed by atoms with Crippen molar-refractivity contribution in [2.24, 2.45) is 0 Å². The summed E-state index contributed by atoms with van der Waals surface area (Å²) in [6, 6.07) is 0. The molecule has 17 heavy (non-hydrogen) atoms. The summed E-state index contributed by atoms with van der Waals surface area (Å²) >= 11 is 0. The first-order chi connectivity index (χ1) is 8.20. The van der Waals surface area contributed by atoms with Gasteiger partial charge in [0.25, 0.3) is 0 Å². The molecule has 0 aromatic heterocycles. The molecule has 0 radical (unpaired) electrons. The van der Waals surface area contributed by atoms with Crippen molar-refractivity contribution in [1.29, 1.82) is 0 Å². The van der Waals surface area contributed by atoms with Crippen LogP contribution in [-0.4, -0.2) is 76.4 Å². The molecule has 4 nitrogen and oxygen atoms in total. The Morgan fingerprint density at radius 2 is 1.76 bits per heavy atom. The molecule has 0 aliphatic heterocycles. The third-order valence-electron chi connectivity index (χ3n) is 2.76. The Labute approximate surface area is 107 Å². The van der Waals surface area contributed by atoms with Gasteiger partial charge in [0.2, 0.25) is 0 Å². The van der Waals surface area contributed by atoms with E-state index in [0.29, 0.717) is 0 Å². The zero-order valence-corrected chi connectivity index (χ0v) is 12.2. The smallest absolute Gasteiger partial charge is 0.0590 e. The van der Waals surface area contributed by atoms with E-state index in [2.05, 4.69) is 36.1 Å². The van der Waals surface area contributed by atoms with Gasteiger partial charge >= 0.3 is 0 Å². The zero-order chi connectivity index (χ0) is 12.9. The van der Waals surface area contributed by atoms with E-state index < -0.39 is 0 Å². The van der Waals surface area contributed by atoms with Gasteiger partial charge in [0, 0.05) is 26.2 Å². The van der Waals surface area contributed by atoms with Crippen LogP contribution in [0.15, 0.2) is 0 Å². The molecule has 0 amide bonds. The van der Waals surface area contributed by atoms with Crippen LogP contribution in [0.1, 0.15) is 20.3 Å². The van der Waals surface area contributed by atoms with Crippen molar-refractivity contribution in [3.8, 4) is 0 Å². The van der Waals surface area contributed by atoms with Crippen molar-refractivity contribution in [3.05, 3.63) is 0 Å². The lowest BCUT2D eigenvalue weighted by molar-refractivity contribution is 0.148. The maximum atomic E-state index is 5.28. The Morgan fingerprint density at radius 3 is 2.35 bits per heavy atom. The van der Waals surface area contributed by atoms with E-state index in [9.17, 15) is 0 Å². The van der Waals surface area contributed by atoms with Crippen LogP contribution in [0.5, 0.6) is 0 Å². The van der Waals surface area contributed by atoms with Crippen LogP contribution in [0.4, 0.5) is 0 Å². The van der Waals surface area contributed by atoms with Crippen molar-refractivity contribution >= 4 is 0 Å². The van der Waals surface area contributed by atoms with E-state index in [1.54, 1.807) is 0 Å². The van der Waals surface area contributed by atoms with Gasteiger partial charge in [-0.25, -0.2) is 0 Å². The quantitative estimate of drug-likeness (QED) is 0.517. The van der Waals surface area contributed by atoms with Crippen molar-refractivity contribution in [2.45, 2.75) is 20.3 Å². The summed E-state index contributed by atoms with van der Waals surface area (Å²) in [6.45, 7) is 12.6. The molecular weight excluding hydrogens is 214 g/mol. The molecule has 0 rings (SSSR count). The van der Waals surface area contributed by atoms with E-state index in [0.717, 1.165) is 39.4 Å². The third-order valence-corrected chi connectivity index (χ3v) is 2.76. The molecule has 0 saturated heterocycles. The molecule has 4 heteroatoms. The highest BCUT2D eigenvalue weighted by Crippen LogP contribution is 1.91. The van der Waals surface area contributed by atoms with E-state index >= 15 is 0 Å². The van der Waals surface area contributed by atoms with Crippen LogP contribution in [-0.2, 0) is 4.74 Å². The highest BCUT2D eigenvalue weighted by Gasteiger charge is 2.01. The van der Waals surface area contributed by atoms with Crippen molar-refractivity contribution in [3.63, 3.8) is 0 Å². The van der Waals surface area contributed by atoms with Crippen LogP contribution in [0, 0.1) is 0 Å². The monoisotopic (exact) mass is 245 g/mol. The predicted molar refractivity (Wildman–Crippen MR) is 74.6 cm³/mol. The molecule has 0 aliphatic carbocycles. The summed E-state index contributed by atoms with van der Waals surface area (Å²) in [7, 11) is 4.26. The first-order valence-electron chi connectivity index (χ1n) is 6.86. The molecule has 0 spiro atoms. The summed E-state index contributed by atoms with van der Waals surface area (Å²) in [5, 5.41) is 3.41. The standard InChI is InChI=1S/C13H31N3O/c1-5-16(11-7-10-15(3)4)12-8-14-9-13-17-6-2/h14H,5-13H2,1-4H3. The highest BCUT2D eigenvalue weighted by molar-refractivity contribution is 4.59. The van der Waals surface area contributed by atoms with Crippen molar-refractivity contribution in [2.75, 3.05) is 66.6 Å². The SMILES string of the molecule is CCOCCNCCN(CC)CCCN(C)C. The number of hydrogen-bond donors (Lipinski definition) is 1. The fraction of sp³-hybridized carbons (Fsp3) is 1.00. The molecule has 0 saturated carbocycles. The van der Waals surface area contributed by atoms with E-state index in [-0.39, 0.29) is 0 Å². The second-order valence-corrected chi connectivity index (χ2v) is 4.54. The molecule has 0 atom stereocenters. The molecule has 0 heterocycles. The van der Waals surface area contributed by atoms with Gasteiger partial charge in [-0.2, -0.15) is 0 Å². The third kappa shape index (κ3) is 12.1. The van der Waals surface area contributed by atoms with Gasteiger partial charge in [0.1, 0.15) is 0 Å². The first-order valence-corrected chi connectivity index (χ1v) is 6.86. The predicted octanol–water partition coefficient (Wildman–Crippen LogP) is 0.886. The van der Waals surface area contributed by atoms with Gasteiger partial charge in [-0.05, 0) is 47.1 Å². The molecule has 104 valence electrons. The minimum Gasteiger partial charge on any atom is -0.380 e. The fourth-order valence-corrected chi connectivity index (χ4v) is 1.69. The Morgan fingerprint density at radius 1 is 1.00 bits per heavy atom. The molecule has 0 aromatic rings. The van der Waals surface area contributed by atoms with Gasteiger partial charge in [-0.3, -0.25) is 0 Å². The van der Waals surface area contributed by atoms with Crippen molar-refractivity contribution in [1.82, 2.24) is 15.1 Å². The van der Waals surface area contributed by atoms with Crippen LogP contribution in [0.2, 0.25) is 0 Å². The number of likely N-dealkylation sites (N-methyl/N-ethyl adjacent to an activating group) is 1. The molecular formula is C13H31N3O. The normalized spacial score (nSPS) is 11.6. The van der Waals surface area contributed by atoms with Gasteiger partial charge < -0.3 is 19.9 Å². The minimum atomic E-state index is 0.813. The molecule has 0 bridgehead atoms. The molecule has 0 unspecified atom stereocenters. The molecule has 1 N–H and O–H groups in total. The maximum absolute atomic E-state index is 5.28. The summed E-state index contributed by atoms with van der Waals surface area (Å²) in [5.74, 6) is 0. The van der Waals surface area contributed by atoms with Gasteiger partial charge in [-0.1, -0.05) is 6.92 Å². The van der Waals surface area contributed by atoms with Crippen LogP contribution < -0.4 is 5.32 Å². The van der Waals surface area contributed by atoms with Crippen LogP contribution >= 0.6 is 0 Å². The Balaban J connectivity index is 3.35. The number of ether oxygens (including phenoxy) is 1. The number of nitrogens with one attached hydrogen (secondary N) is 1. The van der Waals surface area contributed by atoms with Gasteiger partial charge in [-0.15, -0.1) is 0 Å². The lowest BCUT2D eigenvalue weighted by atomic mass is 10.3. The summed E-state index contributed by atoms with van der Waals surface area (Å²) in [6.07, 6.45) is 1.25. The summed E-state index contributed by atoms with van der Waals surface area (Å²) in [5.41, 5.74) is 0. The molecule has 0 aromatic carbocycles. The maximum Gasteiger partial charge on any atom is 0.0590 e. The summed E-state index contributed by atoms with van der Waals surface area (Å²) in [4.78, 5) is 4.74. The lowest BCUT2D eigenvalue weighted by Crippen LogP contribution is -2.34. The Kier molecular flexibility index (Phi) is 12.2. The topological polar surface area (TPSA) is 27.7 Å². The minimum absolute atomic E-state index is 0.813. The number of nitrogens with zero attached hydrogens (tertiary/aromatic N) is 2. The molecule has 0 aliphatic rings. The number of hydrogen-bond acceptors (Lipinski definition) is 4. The largest absolute Gasteiger partial charge is 0.380 e. The van der Waals surface area contributed by atoms with Crippen LogP contribution in [0.25, 0.3) is 0 Å². The lowest BCUT2D eigenvalue weighted by Gasteiger charge is -2.21. The Bertz CT molecular complexity index is 154. The van der Waals surface area contributed by atoms with Crippen molar-refractivity contribution < 1.29 is 4.74 Å². The Hall–Kier alpha value is -0.160. The second kappa shape index (κ2) is 12.3. The second-order valence-electron chi connectivity index (χ2n) is 4.54. The van der Waals surface area contributed by atoms with E-state index in [4.69, 9.17) is 4.74 Å². The van der Waals surface area contributed by atoms with Crippen LogP contribution in [0.3, 0.4) is 0 Å². The fourth-order valence-electron chi connectivity index (χ4n) is 1.69. The average Bonchev–Trinajstić information content (AvgIpc) is 2.30. The molecule has 0 fully saturated rings.